The monoisotopic (exact) mass is 405 g/mol. The minimum atomic E-state index is -0.761. The van der Waals surface area contributed by atoms with Crippen molar-refractivity contribution in [1.82, 2.24) is 5.32 Å². The SMILES string of the molecule is CCO.O=C(O)CCCCCCCNC(=O)c1cc(Cl)ccc1O.[Na].[Na]. The number of hydrogen-bond acceptors (Lipinski definition) is 4. The van der Waals surface area contributed by atoms with Crippen molar-refractivity contribution in [2.45, 2.75) is 45.4 Å². The Bertz CT molecular complexity index is 518. The van der Waals surface area contributed by atoms with Gasteiger partial charge in [0.25, 0.3) is 5.91 Å². The molecule has 0 fully saturated rings. The number of amides is 1. The molecule has 138 valence electrons. The van der Waals surface area contributed by atoms with Gasteiger partial charge in [-0.15, -0.1) is 0 Å². The second-order valence-electron chi connectivity index (χ2n) is 5.15. The summed E-state index contributed by atoms with van der Waals surface area (Å²) in [5, 5.41) is 28.8. The van der Waals surface area contributed by atoms with Crippen molar-refractivity contribution < 1.29 is 24.9 Å². The zero-order chi connectivity index (χ0) is 18.4. The number of benzene rings is 1. The number of aliphatic hydroxyl groups is 1. The van der Waals surface area contributed by atoms with Crippen molar-refractivity contribution >= 4 is 82.6 Å². The second-order valence-corrected chi connectivity index (χ2v) is 5.58. The Balaban J connectivity index is -0.000000986. The van der Waals surface area contributed by atoms with E-state index in [2.05, 4.69) is 5.32 Å². The summed E-state index contributed by atoms with van der Waals surface area (Å²) in [4.78, 5) is 22.2. The molecule has 0 bridgehead atoms. The van der Waals surface area contributed by atoms with Crippen LogP contribution in [-0.2, 0) is 4.79 Å². The molecule has 0 spiro atoms. The summed E-state index contributed by atoms with van der Waals surface area (Å²) in [6, 6.07) is 4.34. The second kappa shape index (κ2) is 20.0. The standard InChI is InChI=1S/C15H20ClNO4.C2H6O.2Na/c16-11-7-8-13(18)12(10-11)15(21)17-9-5-3-1-2-4-6-14(19)20;1-2-3;;/h7-8,10,18H,1-6,9H2,(H,17,21)(H,19,20);3H,2H2,1H3;;. The fourth-order valence-electron chi connectivity index (χ4n) is 1.92. The largest absolute Gasteiger partial charge is 0.507 e. The molecule has 1 aromatic rings. The van der Waals surface area contributed by atoms with E-state index in [0.717, 1.165) is 25.7 Å². The van der Waals surface area contributed by atoms with Crippen LogP contribution in [0, 0.1) is 0 Å². The summed E-state index contributed by atoms with van der Waals surface area (Å²) in [5.74, 6) is -1.20. The van der Waals surface area contributed by atoms with Gasteiger partial charge in [0.1, 0.15) is 5.75 Å². The number of nitrogens with one attached hydrogen (secondary N) is 1. The van der Waals surface area contributed by atoms with Gasteiger partial charge in [-0.2, -0.15) is 0 Å². The summed E-state index contributed by atoms with van der Waals surface area (Å²) in [7, 11) is 0. The first-order chi connectivity index (χ1) is 11.4. The fraction of sp³-hybridized carbons (Fsp3) is 0.529. The first kappa shape index (κ1) is 30.9. The maximum Gasteiger partial charge on any atom is 0.303 e. The predicted octanol–water partition coefficient (Wildman–Crippen LogP) is 2.44. The average Bonchev–Trinajstić information content (AvgIpc) is 2.52. The van der Waals surface area contributed by atoms with Crippen LogP contribution in [0.3, 0.4) is 0 Å². The normalized spacial score (nSPS) is 9.04. The summed E-state index contributed by atoms with van der Waals surface area (Å²) >= 11 is 5.78. The summed E-state index contributed by atoms with van der Waals surface area (Å²) in [5.41, 5.74) is 0.170. The van der Waals surface area contributed by atoms with Gasteiger partial charge < -0.3 is 20.6 Å². The topological polar surface area (TPSA) is 107 Å². The van der Waals surface area contributed by atoms with E-state index < -0.39 is 5.97 Å². The molecule has 9 heteroatoms. The molecule has 1 rings (SSSR count). The van der Waals surface area contributed by atoms with Crippen molar-refractivity contribution in [2.75, 3.05) is 13.2 Å². The van der Waals surface area contributed by atoms with Crippen LogP contribution >= 0.6 is 11.6 Å². The first-order valence-corrected chi connectivity index (χ1v) is 8.39. The number of carbonyl (C=O) groups excluding carboxylic acids is 1. The smallest absolute Gasteiger partial charge is 0.303 e. The molecule has 0 aliphatic heterocycles. The van der Waals surface area contributed by atoms with Crippen LogP contribution in [0.4, 0.5) is 0 Å². The molecule has 6 nitrogen and oxygen atoms in total. The number of phenols is 1. The van der Waals surface area contributed by atoms with Gasteiger partial charge in [0, 0.05) is 83.7 Å². The number of aliphatic hydroxyl groups excluding tert-OH is 1. The Labute approximate surface area is 204 Å². The van der Waals surface area contributed by atoms with Gasteiger partial charge >= 0.3 is 5.97 Å². The molecule has 2 radical (unpaired) electrons. The Kier molecular flexibility index (Phi) is 23.7. The van der Waals surface area contributed by atoms with Crippen LogP contribution < -0.4 is 5.32 Å². The van der Waals surface area contributed by atoms with Crippen LogP contribution in [0.5, 0.6) is 5.75 Å². The third-order valence-electron chi connectivity index (χ3n) is 3.06. The van der Waals surface area contributed by atoms with Crippen LogP contribution in [-0.4, -0.2) is 99.5 Å². The van der Waals surface area contributed by atoms with E-state index in [1.807, 2.05) is 0 Å². The van der Waals surface area contributed by atoms with Gasteiger partial charge in [0.15, 0.2) is 0 Å². The fourth-order valence-corrected chi connectivity index (χ4v) is 2.09. The van der Waals surface area contributed by atoms with E-state index in [-0.39, 0.29) is 89.4 Å². The first-order valence-electron chi connectivity index (χ1n) is 8.01. The molecule has 0 saturated heterocycles. The van der Waals surface area contributed by atoms with Crippen molar-refractivity contribution in [3.05, 3.63) is 28.8 Å². The quantitative estimate of drug-likeness (QED) is 0.373. The van der Waals surface area contributed by atoms with Crippen LogP contribution in [0.1, 0.15) is 55.8 Å². The summed E-state index contributed by atoms with van der Waals surface area (Å²) < 4.78 is 0. The molecule has 0 aromatic heterocycles. The van der Waals surface area contributed by atoms with Gasteiger partial charge in [-0.3, -0.25) is 9.59 Å². The number of aromatic hydroxyl groups is 1. The third kappa shape index (κ3) is 16.4. The molecular formula is C17H26ClNNa2O5. The van der Waals surface area contributed by atoms with E-state index in [1.54, 1.807) is 6.92 Å². The molecule has 0 atom stereocenters. The molecule has 1 amide bonds. The number of carbonyl (C=O) groups is 2. The molecule has 4 N–H and O–H groups in total. The maximum absolute atomic E-state index is 11.8. The molecular weight excluding hydrogens is 380 g/mol. The maximum atomic E-state index is 11.8. The number of hydrogen-bond donors (Lipinski definition) is 4. The van der Waals surface area contributed by atoms with Crippen molar-refractivity contribution in [3.63, 3.8) is 0 Å². The Morgan fingerprint density at radius 1 is 1.08 bits per heavy atom. The molecule has 0 aliphatic rings. The van der Waals surface area contributed by atoms with Crippen molar-refractivity contribution in [2.24, 2.45) is 0 Å². The van der Waals surface area contributed by atoms with E-state index in [9.17, 15) is 14.7 Å². The van der Waals surface area contributed by atoms with Gasteiger partial charge in [-0.25, -0.2) is 0 Å². The number of halogens is 1. The van der Waals surface area contributed by atoms with Crippen LogP contribution in [0.25, 0.3) is 0 Å². The van der Waals surface area contributed by atoms with E-state index in [4.69, 9.17) is 21.8 Å². The number of carboxylic acids is 1. The van der Waals surface area contributed by atoms with E-state index in [1.165, 1.54) is 18.2 Å². The van der Waals surface area contributed by atoms with Crippen LogP contribution in [0.15, 0.2) is 18.2 Å². The zero-order valence-corrected chi connectivity index (χ0v) is 20.7. The minimum Gasteiger partial charge on any atom is -0.507 e. The number of rotatable bonds is 9. The number of aliphatic carboxylic acids is 1. The number of carboxylic acid groups (broad SMARTS) is 1. The third-order valence-corrected chi connectivity index (χ3v) is 3.29. The van der Waals surface area contributed by atoms with Crippen molar-refractivity contribution in [3.8, 4) is 5.75 Å². The molecule has 0 aliphatic carbocycles. The molecule has 0 saturated carbocycles. The van der Waals surface area contributed by atoms with Gasteiger partial charge in [-0.05, 0) is 38.0 Å². The van der Waals surface area contributed by atoms with Crippen LogP contribution in [0.2, 0.25) is 5.02 Å². The van der Waals surface area contributed by atoms with E-state index in [0.29, 0.717) is 18.0 Å². The Hall–Kier alpha value is 0.210. The van der Waals surface area contributed by atoms with E-state index >= 15 is 0 Å². The van der Waals surface area contributed by atoms with Gasteiger partial charge in [0.05, 0.1) is 5.56 Å². The minimum absolute atomic E-state index is 0. The zero-order valence-electron chi connectivity index (χ0n) is 15.9. The Morgan fingerprint density at radius 3 is 2.19 bits per heavy atom. The molecule has 0 unspecified atom stereocenters. The van der Waals surface area contributed by atoms with Crippen molar-refractivity contribution in [1.29, 1.82) is 0 Å². The average molecular weight is 406 g/mol. The summed E-state index contributed by atoms with van der Waals surface area (Å²) in [6.07, 6.45) is 4.49. The van der Waals surface area contributed by atoms with Gasteiger partial charge in [0.2, 0.25) is 0 Å². The summed E-state index contributed by atoms with van der Waals surface area (Å²) in [6.45, 7) is 2.45. The number of phenolic OH excluding ortho intramolecular Hbond substituents is 1. The predicted molar refractivity (Wildman–Crippen MR) is 105 cm³/mol. The van der Waals surface area contributed by atoms with Gasteiger partial charge in [-0.1, -0.05) is 30.9 Å². The number of unbranched alkanes of at least 4 members (excludes halogenated alkanes) is 4. The Morgan fingerprint density at radius 2 is 1.62 bits per heavy atom. The molecule has 26 heavy (non-hydrogen) atoms. The molecule has 0 heterocycles. The molecule has 1 aromatic carbocycles.